The highest BCUT2D eigenvalue weighted by atomic mass is 35.5. The van der Waals surface area contributed by atoms with E-state index < -0.39 is 0 Å². The van der Waals surface area contributed by atoms with Gasteiger partial charge in [0.15, 0.2) is 0 Å². The summed E-state index contributed by atoms with van der Waals surface area (Å²) in [5.74, 6) is 0. The Hall–Kier alpha value is -1.76. The second-order valence-corrected chi connectivity index (χ2v) is 8.70. The summed E-state index contributed by atoms with van der Waals surface area (Å²) in [7, 11) is 0. The van der Waals surface area contributed by atoms with E-state index in [4.69, 9.17) is 28.3 Å². The van der Waals surface area contributed by atoms with Gasteiger partial charge in [-0.25, -0.2) is 0 Å². The van der Waals surface area contributed by atoms with E-state index in [2.05, 4.69) is 44.1 Å². The molecule has 4 heterocycles. The molecule has 0 spiro atoms. The molecule has 7 heteroatoms. The number of nitrogens with zero attached hydrogens (tertiary/aromatic N) is 5. The predicted molar refractivity (Wildman–Crippen MR) is 114 cm³/mol. The van der Waals surface area contributed by atoms with Gasteiger partial charge in [0.05, 0.1) is 47.4 Å². The standard InChI is InChI=1S/C21H21Cl2N5/c22-18-7-4-8-19(23)17(18)9-24-25-20(16-5-2-1-3-6-16)21-10-26-13-27(11-21)15-28(12-21)14-26/h1-9H,10-15H2/b24-9-,25-20+. The molecule has 0 aliphatic carbocycles. The third-order valence-electron chi connectivity index (χ3n) is 5.67. The molecule has 0 aromatic heterocycles. The first-order chi connectivity index (χ1) is 13.6. The minimum absolute atomic E-state index is 0.0439. The second kappa shape index (κ2) is 7.25. The summed E-state index contributed by atoms with van der Waals surface area (Å²) in [5, 5.41) is 10.3. The quantitative estimate of drug-likeness (QED) is 0.566. The van der Waals surface area contributed by atoms with E-state index in [1.165, 1.54) is 0 Å². The van der Waals surface area contributed by atoms with Crippen molar-refractivity contribution in [2.24, 2.45) is 15.6 Å². The number of benzene rings is 2. The van der Waals surface area contributed by atoms with Crippen LogP contribution in [0, 0.1) is 5.41 Å². The van der Waals surface area contributed by atoms with Crippen LogP contribution >= 0.6 is 23.2 Å². The SMILES string of the molecule is Clc1cccc(Cl)c1/C=N\N=C(/c1ccccc1)C12CN3CN(CN(C3)C1)C2. The molecule has 6 rings (SSSR count). The first kappa shape index (κ1) is 18.3. The first-order valence-electron chi connectivity index (χ1n) is 9.41. The van der Waals surface area contributed by atoms with Gasteiger partial charge < -0.3 is 0 Å². The van der Waals surface area contributed by atoms with Crippen molar-refractivity contribution in [1.82, 2.24) is 14.7 Å². The molecule has 4 fully saturated rings. The minimum Gasteiger partial charge on any atom is -0.276 e. The predicted octanol–water partition coefficient (Wildman–Crippen LogP) is 3.62. The fraction of sp³-hybridized carbons (Fsp3) is 0.333. The summed E-state index contributed by atoms with van der Waals surface area (Å²) in [5.41, 5.74) is 2.81. The molecule has 0 atom stereocenters. The largest absolute Gasteiger partial charge is 0.276 e. The highest BCUT2D eigenvalue weighted by Crippen LogP contribution is 2.38. The molecule has 4 bridgehead atoms. The number of halogens is 2. The number of hydrogen-bond acceptors (Lipinski definition) is 5. The van der Waals surface area contributed by atoms with Crippen molar-refractivity contribution >= 4 is 35.1 Å². The number of rotatable bonds is 4. The Morgan fingerprint density at radius 2 is 1.39 bits per heavy atom. The minimum atomic E-state index is -0.0439. The molecule has 5 nitrogen and oxygen atoms in total. The van der Waals surface area contributed by atoms with Crippen molar-refractivity contribution in [1.29, 1.82) is 0 Å². The average Bonchev–Trinajstić information content (AvgIpc) is 2.66. The lowest BCUT2D eigenvalue weighted by molar-refractivity contribution is -0.149. The maximum Gasteiger partial charge on any atom is 0.0802 e. The van der Waals surface area contributed by atoms with Gasteiger partial charge in [-0.05, 0) is 17.7 Å². The third kappa shape index (κ3) is 3.27. The Morgan fingerprint density at radius 1 is 0.821 bits per heavy atom. The van der Waals surface area contributed by atoms with E-state index in [9.17, 15) is 0 Å². The molecule has 28 heavy (non-hydrogen) atoms. The fourth-order valence-corrected chi connectivity index (χ4v) is 5.28. The first-order valence-corrected chi connectivity index (χ1v) is 10.2. The van der Waals surface area contributed by atoms with Gasteiger partial charge in [0.1, 0.15) is 0 Å². The van der Waals surface area contributed by atoms with Crippen molar-refractivity contribution in [2.75, 3.05) is 39.6 Å². The molecular formula is C21H21Cl2N5. The Kier molecular flexibility index (Phi) is 4.73. The molecule has 2 aromatic carbocycles. The molecule has 0 unspecified atom stereocenters. The summed E-state index contributed by atoms with van der Waals surface area (Å²) in [6, 6.07) is 15.8. The van der Waals surface area contributed by atoms with Gasteiger partial charge in [-0.15, -0.1) is 0 Å². The molecule has 4 saturated heterocycles. The summed E-state index contributed by atoms with van der Waals surface area (Å²) < 4.78 is 0. The van der Waals surface area contributed by atoms with Crippen molar-refractivity contribution in [2.45, 2.75) is 0 Å². The van der Waals surface area contributed by atoms with Crippen LogP contribution in [-0.4, -0.2) is 66.3 Å². The zero-order chi connectivity index (χ0) is 19.1. The van der Waals surface area contributed by atoms with Gasteiger partial charge in [0.25, 0.3) is 0 Å². The molecule has 4 aliphatic rings. The van der Waals surface area contributed by atoms with E-state index >= 15 is 0 Å². The summed E-state index contributed by atoms with van der Waals surface area (Å²) in [6.45, 7) is 6.15. The average molecular weight is 414 g/mol. The lowest BCUT2D eigenvalue weighted by Gasteiger charge is -2.60. The fourth-order valence-electron chi connectivity index (χ4n) is 4.79. The van der Waals surface area contributed by atoms with Crippen LogP contribution in [0.4, 0.5) is 0 Å². The van der Waals surface area contributed by atoms with Crippen molar-refractivity contribution in [3.8, 4) is 0 Å². The van der Waals surface area contributed by atoms with Crippen molar-refractivity contribution < 1.29 is 0 Å². The van der Waals surface area contributed by atoms with Crippen LogP contribution in [0.15, 0.2) is 58.7 Å². The molecule has 0 radical (unpaired) electrons. The van der Waals surface area contributed by atoms with Crippen molar-refractivity contribution in [3.63, 3.8) is 0 Å². The van der Waals surface area contributed by atoms with Gasteiger partial charge in [-0.2, -0.15) is 10.2 Å². The van der Waals surface area contributed by atoms with Crippen LogP contribution in [0.5, 0.6) is 0 Å². The summed E-state index contributed by atoms with van der Waals surface area (Å²) in [4.78, 5) is 7.47. The number of hydrogen-bond donors (Lipinski definition) is 0. The smallest absolute Gasteiger partial charge is 0.0802 e. The van der Waals surface area contributed by atoms with E-state index in [1.807, 2.05) is 24.3 Å². The van der Waals surface area contributed by atoms with Crippen LogP contribution in [0.1, 0.15) is 11.1 Å². The van der Waals surface area contributed by atoms with Crippen LogP contribution in [0.2, 0.25) is 10.0 Å². The van der Waals surface area contributed by atoms with Crippen LogP contribution in [-0.2, 0) is 0 Å². The van der Waals surface area contributed by atoms with Gasteiger partial charge >= 0.3 is 0 Å². The van der Waals surface area contributed by atoms with Crippen LogP contribution in [0.3, 0.4) is 0 Å². The molecular weight excluding hydrogens is 393 g/mol. The summed E-state index contributed by atoms with van der Waals surface area (Å²) >= 11 is 12.5. The maximum atomic E-state index is 6.27. The van der Waals surface area contributed by atoms with E-state index in [-0.39, 0.29) is 5.41 Å². The van der Waals surface area contributed by atoms with Gasteiger partial charge in [-0.3, -0.25) is 14.7 Å². The lowest BCUT2D eigenvalue weighted by Crippen LogP contribution is -2.74. The Balaban J connectivity index is 1.55. The zero-order valence-electron chi connectivity index (χ0n) is 15.4. The molecule has 0 amide bonds. The molecule has 144 valence electrons. The van der Waals surface area contributed by atoms with E-state index in [0.717, 1.165) is 50.9 Å². The Labute approximate surface area is 174 Å². The normalized spacial score (nSPS) is 31.6. The van der Waals surface area contributed by atoms with Crippen LogP contribution < -0.4 is 0 Å². The highest BCUT2D eigenvalue weighted by molar-refractivity contribution is 6.38. The summed E-state index contributed by atoms with van der Waals surface area (Å²) in [6.07, 6.45) is 1.66. The van der Waals surface area contributed by atoms with E-state index in [0.29, 0.717) is 15.6 Å². The Morgan fingerprint density at radius 3 is 1.96 bits per heavy atom. The highest BCUT2D eigenvalue weighted by Gasteiger charge is 2.51. The van der Waals surface area contributed by atoms with Gasteiger partial charge in [0, 0.05) is 25.2 Å². The van der Waals surface area contributed by atoms with Crippen LogP contribution in [0.25, 0.3) is 0 Å². The zero-order valence-corrected chi connectivity index (χ0v) is 16.9. The molecule has 2 aromatic rings. The third-order valence-corrected chi connectivity index (χ3v) is 6.33. The topological polar surface area (TPSA) is 34.4 Å². The lowest BCUT2D eigenvalue weighted by atomic mass is 9.74. The monoisotopic (exact) mass is 413 g/mol. The van der Waals surface area contributed by atoms with Gasteiger partial charge in [-0.1, -0.05) is 59.6 Å². The van der Waals surface area contributed by atoms with Crippen molar-refractivity contribution in [3.05, 3.63) is 69.7 Å². The second-order valence-electron chi connectivity index (χ2n) is 7.89. The molecule has 4 aliphatic heterocycles. The van der Waals surface area contributed by atoms with E-state index in [1.54, 1.807) is 6.21 Å². The maximum absolute atomic E-state index is 6.27. The molecule has 0 saturated carbocycles. The Bertz CT molecular complexity index is 886. The molecule has 0 N–H and O–H groups in total. The van der Waals surface area contributed by atoms with Gasteiger partial charge in [0.2, 0.25) is 0 Å².